The molecule has 2 heterocycles. The Balaban J connectivity index is 1.71. The van der Waals surface area contributed by atoms with Gasteiger partial charge in [0.2, 0.25) is 0 Å². The standard InChI is InChI=1S/C22H18ClN5OS/c1-12-17-18(24)20(21(29)26-15-10-8-14(23)9-11-15)30-22(17)25-13(2)19(12)28-27-16-6-4-3-5-7-16/h3-11H,24H2,1-2H3,(H,26,29). The van der Waals surface area contributed by atoms with Gasteiger partial charge in [0.1, 0.15) is 15.4 Å². The van der Waals surface area contributed by atoms with Crippen molar-refractivity contribution in [2.75, 3.05) is 11.1 Å². The summed E-state index contributed by atoms with van der Waals surface area (Å²) in [5, 5.41) is 12.9. The summed E-state index contributed by atoms with van der Waals surface area (Å²) in [6.45, 7) is 3.79. The van der Waals surface area contributed by atoms with Crippen LogP contribution in [0.1, 0.15) is 20.9 Å². The van der Waals surface area contributed by atoms with E-state index >= 15 is 0 Å². The number of azo groups is 1. The molecule has 0 spiro atoms. The van der Waals surface area contributed by atoms with Gasteiger partial charge in [-0.05, 0) is 55.8 Å². The zero-order valence-electron chi connectivity index (χ0n) is 16.3. The van der Waals surface area contributed by atoms with Gasteiger partial charge in [-0.3, -0.25) is 4.79 Å². The molecule has 8 heteroatoms. The molecule has 30 heavy (non-hydrogen) atoms. The number of nitrogens with one attached hydrogen (secondary N) is 1. The fraction of sp³-hybridized carbons (Fsp3) is 0.0909. The van der Waals surface area contributed by atoms with E-state index < -0.39 is 0 Å². The summed E-state index contributed by atoms with van der Waals surface area (Å²) in [4.78, 5) is 18.5. The molecule has 0 aliphatic carbocycles. The number of hydrogen-bond acceptors (Lipinski definition) is 6. The minimum atomic E-state index is -0.290. The molecular weight excluding hydrogens is 418 g/mol. The predicted molar refractivity (Wildman–Crippen MR) is 124 cm³/mol. The van der Waals surface area contributed by atoms with Crippen LogP contribution < -0.4 is 11.1 Å². The average Bonchev–Trinajstić information content (AvgIpc) is 3.06. The summed E-state index contributed by atoms with van der Waals surface area (Å²) in [5.41, 5.74) is 10.4. The highest BCUT2D eigenvalue weighted by atomic mass is 35.5. The van der Waals surface area contributed by atoms with Crippen molar-refractivity contribution in [2.45, 2.75) is 13.8 Å². The monoisotopic (exact) mass is 435 g/mol. The van der Waals surface area contributed by atoms with Crippen molar-refractivity contribution < 1.29 is 4.79 Å². The number of aryl methyl sites for hydroxylation is 2. The minimum Gasteiger partial charge on any atom is -0.397 e. The lowest BCUT2D eigenvalue weighted by molar-refractivity contribution is 0.103. The van der Waals surface area contributed by atoms with E-state index in [2.05, 4.69) is 20.5 Å². The number of amides is 1. The van der Waals surface area contributed by atoms with Crippen molar-refractivity contribution in [3.8, 4) is 0 Å². The first kappa shape index (κ1) is 20.0. The Morgan fingerprint density at radius 1 is 1.07 bits per heavy atom. The largest absolute Gasteiger partial charge is 0.397 e. The Morgan fingerprint density at radius 2 is 1.77 bits per heavy atom. The van der Waals surface area contributed by atoms with Gasteiger partial charge in [-0.25, -0.2) is 4.98 Å². The molecule has 0 atom stereocenters. The van der Waals surface area contributed by atoms with E-state index in [-0.39, 0.29) is 5.91 Å². The molecule has 6 nitrogen and oxygen atoms in total. The number of rotatable bonds is 4. The quantitative estimate of drug-likeness (QED) is 0.344. The molecule has 1 amide bonds. The van der Waals surface area contributed by atoms with Crippen molar-refractivity contribution in [3.63, 3.8) is 0 Å². The van der Waals surface area contributed by atoms with Gasteiger partial charge >= 0.3 is 0 Å². The number of carbonyl (C=O) groups is 1. The van der Waals surface area contributed by atoms with Gasteiger partial charge in [-0.1, -0.05) is 29.8 Å². The number of aromatic nitrogens is 1. The van der Waals surface area contributed by atoms with Crippen LogP contribution in [0.5, 0.6) is 0 Å². The van der Waals surface area contributed by atoms with Crippen molar-refractivity contribution in [2.24, 2.45) is 10.2 Å². The molecule has 0 radical (unpaired) electrons. The first-order valence-corrected chi connectivity index (χ1v) is 10.4. The van der Waals surface area contributed by atoms with Crippen LogP contribution in [-0.2, 0) is 0 Å². The number of nitrogen functional groups attached to an aromatic ring is 1. The normalized spacial score (nSPS) is 11.3. The van der Waals surface area contributed by atoms with Crippen molar-refractivity contribution in [1.82, 2.24) is 4.98 Å². The molecule has 0 aliphatic rings. The highest BCUT2D eigenvalue weighted by Gasteiger charge is 2.21. The number of halogens is 1. The van der Waals surface area contributed by atoms with Gasteiger partial charge in [-0.15, -0.1) is 16.5 Å². The first-order valence-electron chi connectivity index (χ1n) is 9.17. The maximum atomic E-state index is 12.8. The molecule has 4 rings (SSSR count). The maximum absolute atomic E-state index is 12.8. The molecule has 0 bridgehead atoms. The van der Waals surface area contributed by atoms with Crippen molar-refractivity contribution in [3.05, 3.63) is 75.8 Å². The number of fused-ring (bicyclic) bond motifs is 1. The second kappa shape index (κ2) is 8.22. The third-order valence-corrected chi connectivity index (χ3v) is 5.95. The number of nitrogens with zero attached hydrogens (tertiary/aromatic N) is 3. The number of hydrogen-bond donors (Lipinski definition) is 2. The molecule has 2 aromatic heterocycles. The van der Waals surface area contributed by atoms with Gasteiger partial charge in [0.05, 0.1) is 17.1 Å². The molecule has 0 aliphatic heterocycles. The maximum Gasteiger partial charge on any atom is 0.267 e. The fourth-order valence-corrected chi connectivity index (χ4v) is 4.33. The molecule has 2 aromatic carbocycles. The van der Waals surface area contributed by atoms with Crippen LogP contribution >= 0.6 is 22.9 Å². The summed E-state index contributed by atoms with van der Waals surface area (Å²) in [6, 6.07) is 16.4. The van der Waals surface area contributed by atoms with Gasteiger partial charge < -0.3 is 11.1 Å². The molecular formula is C22H18ClN5OS. The third kappa shape index (κ3) is 3.90. The molecule has 3 N–H and O–H groups in total. The Hall–Kier alpha value is -3.29. The van der Waals surface area contributed by atoms with Crippen LogP contribution in [0.3, 0.4) is 0 Å². The number of anilines is 2. The molecule has 0 saturated heterocycles. The van der Waals surface area contributed by atoms with Gasteiger partial charge in [0.15, 0.2) is 0 Å². The topological polar surface area (TPSA) is 92.7 Å². The SMILES string of the molecule is Cc1nc2sc(C(=O)Nc3ccc(Cl)cc3)c(N)c2c(C)c1N=Nc1ccccc1. The molecule has 4 aromatic rings. The van der Waals surface area contributed by atoms with E-state index in [4.69, 9.17) is 17.3 Å². The Morgan fingerprint density at radius 3 is 2.47 bits per heavy atom. The van der Waals surface area contributed by atoms with Crippen LogP contribution in [0, 0.1) is 13.8 Å². The highest BCUT2D eigenvalue weighted by molar-refractivity contribution is 7.21. The van der Waals surface area contributed by atoms with Crippen molar-refractivity contribution in [1.29, 1.82) is 0 Å². The zero-order chi connectivity index (χ0) is 21.3. The van der Waals surface area contributed by atoms with Gasteiger partial charge in [-0.2, -0.15) is 5.11 Å². The lowest BCUT2D eigenvalue weighted by Gasteiger charge is -2.06. The number of pyridine rings is 1. The Bertz CT molecular complexity index is 1270. The van der Waals surface area contributed by atoms with E-state index in [1.54, 1.807) is 24.3 Å². The van der Waals surface area contributed by atoms with Gasteiger partial charge in [0.25, 0.3) is 5.91 Å². The van der Waals surface area contributed by atoms with Gasteiger partial charge in [0, 0.05) is 16.1 Å². The van der Waals surface area contributed by atoms with Crippen LogP contribution in [0.4, 0.5) is 22.7 Å². The predicted octanol–water partition coefficient (Wildman–Crippen LogP) is 6.82. The number of nitrogens with two attached hydrogens (primary N) is 1. The number of carbonyl (C=O) groups excluding carboxylic acids is 1. The zero-order valence-corrected chi connectivity index (χ0v) is 17.9. The summed E-state index contributed by atoms with van der Waals surface area (Å²) < 4.78 is 0. The molecule has 0 saturated carbocycles. The Kier molecular flexibility index (Phi) is 5.48. The van der Waals surface area contributed by atoms with E-state index in [0.29, 0.717) is 31.8 Å². The van der Waals surface area contributed by atoms with Crippen LogP contribution in [-0.4, -0.2) is 10.9 Å². The highest BCUT2D eigenvalue weighted by Crippen LogP contribution is 2.40. The second-order valence-corrected chi connectivity index (χ2v) is 8.13. The lowest BCUT2D eigenvalue weighted by atomic mass is 10.1. The van der Waals surface area contributed by atoms with E-state index in [0.717, 1.165) is 22.3 Å². The molecule has 0 unspecified atom stereocenters. The van der Waals surface area contributed by atoms with E-state index in [1.807, 2.05) is 44.2 Å². The first-order chi connectivity index (χ1) is 14.4. The summed E-state index contributed by atoms with van der Waals surface area (Å²) in [7, 11) is 0. The number of thiophene rings is 1. The fourth-order valence-electron chi connectivity index (χ4n) is 3.11. The minimum absolute atomic E-state index is 0.290. The van der Waals surface area contributed by atoms with Crippen LogP contribution in [0.25, 0.3) is 10.2 Å². The number of benzene rings is 2. The second-order valence-electron chi connectivity index (χ2n) is 6.69. The summed E-state index contributed by atoms with van der Waals surface area (Å²) in [6.07, 6.45) is 0. The molecule has 150 valence electrons. The van der Waals surface area contributed by atoms with Crippen molar-refractivity contribution >= 4 is 61.8 Å². The van der Waals surface area contributed by atoms with E-state index in [1.165, 1.54) is 11.3 Å². The van der Waals surface area contributed by atoms with Crippen LogP contribution in [0.2, 0.25) is 5.02 Å². The summed E-state index contributed by atoms with van der Waals surface area (Å²) >= 11 is 7.16. The molecule has 0 fully saturated rings. The van der Waals surface area contributed by atoms with E-state index in [9.17, 15) is 4.79 Å². The third-order valence-electron chi connectivity index (χ3n) is 4.60. The summed E-state index contributed by atoms with van der Waals surface area (Å²) in [5.74, 6) is -0.290. The smallest absolute Gasteiger partial charge is 0.267 e. The van der Waals surface area contributed by atoms with Crippen LogP contribution in [0.15, 0.2) is 64.8 Å². The Labute approximate surface area is 182 Å². The lowest BCUT2D eigenvalue weighted by Crippen LogP contribution is -2.11. The average molecular weight is 436 g/mol.